The van der Waals surface area contributed by atoms with E-state index in [-0.39, 0.29) is 5.91 Å². The molecule has 0 radical (unpaired) electrons. The largest absolute Gasteiger partial charge is 0.453 e. The van der Waals surface area contributed by atoms with Gasteiger partial charge in [-0.2, -0.15) is 0 Å². The number of aryl methyl sites for hydroxylation is 1. The zero-order valence-electron chi connectivity index (χ0n) is 15.5. The molecule has 0 saturated carbocycles. The lowest BCUT2D eigenvalue weighted by Gasteiger charge is -2.18. The molecule has 2 aromatic rings. The molecule has 27 heavy (non-hydrogen) atoms. The van der Waals surface area contributed by atoms with Gasteiger partial charge < -0.3 is 10.1 Å². The number of nitrogens with one attached hydrogen (secondary N) is 2. The van der Waals surface area contributed by atoms with E-state index in [9.17, 15) is 14.4 Å². The minimum atomic E-state index is -0.820. The third-order valence-electron chi connectivity index (χ3n) is 4.68. The number of benzene rings is 1. The van der Waals surface area contributed by atoms with Crippen molar-refractivity contribution in [3.05, 3.63) is 51.4 Å². The van der Waals surface area contributed by atoms with Gasteiger partial charge in [0.05, 0.1) is 12.7 Å². The number of methoxy groups -OCH3 is 1. The zero-order valence-corrected chi connectivity index (χ0v) is 16.4. The van der Waals surface area contributed by atoms with Crippen LogP contribution >= 0.6 is 11.3 Å². The number of fused-ring (bicyclic) bond motifs is 1. The molecule has 0 spiro atoms. The van der Waals surface area contributed by atoms with Gasteiger partial charge in [-0.1, -0.05) is 24.6 Å². The summed E-state index contributed by atoms with van der Waals surface area (Å²) in [5, 5.41) is 5.54. The fourth-order valence-electron chi connectivity index (χ4n) is 3.17. The minimum absolute atomic E-state index is 0.284. The highest BCUT2D eigenvalue weighted by Crippen LogP contribution is 2.39. The number of hydrogen-bond donors (Lipinski definition) is 2. The molecule has 1 aromatic heterocycles. The number of hydrogen-bond acceptors (Lipinski definition) is 5. The smallest absolute Gasteiger partial charge is 0.413 e. The van der Waals surface area contributed by atoms with Crippen molar-refractivity contribution in [2.75, 3.05) is 12.4 Å². The first-order valence-corrected chi connectivity index (χ1v) is 9.62. The van der Waals surface area contributed by atoms with Crippen LogP contribution < -0.4 is 10.6 Å². The van der Waals surface area contributed by atoms with E-state index in [0.29, 0.717) is 22.0 Å². The summed E-state index contributed by atoms with van der Waals surface area (Å²) in [6.07, 6.45) is 1.75. The molecule has 142 valence electrons. The van der Waals surface area contributed by atoms with Gasteiger partial charge in [-0.05, 0) is 49.8 Å². The Morgan fingerprint density at radius 3 is 2.52 bits per heavy atom. The number of ether oxygens (including phenoxy) is 1. The van der Waals surface area contributed by atoms with Crippen molar-refractivity contribution in [2.24, 2.45) is 5.92 Å². The zero-order chi connectivity index (χ0) is 19.6. The van der Waals surface area contributed by atoms with Crippen LogP contribution in [0.1, 0.15) is 50.1 Å². The van der Waals surface area contributed by atoms with Crippen molar-refractivity contribution in [1.29, 1.82) is 0 Å². The average molecular weight is 386 g/mol. The second-order valence-electron chi connectivity index (χ2n) is 6.82. The Labute approximate surface area is 161 Å². The molecular weight excluding hydrogens is 364 g/mol. The lowest BCUT2D eigenvalue weighted by Crippen LogP contribution is -2.31. The minimum Gasteiger partial charge on any atom is -0.453 e. The highest BCUT2D eigenvalue weighted by Gasteiger charge is 2.29. The molecule has 1 aliphatic rings. The van der Waals surface area contributed by atoms with Crippen molar-refractivity contribution in [1.82, 2.24) is 5.32 Å². The van der Waals surface area contributed by atoms with E-state index in [1.807, 2.05) is 19.1 Å². The number of carbonyl (C=O) groups is 3. The van der Waals surface area contributed by atoms with Crippen LogP contribution in [0, 0.1) is 12.8 Å². The van der Waals surface area contributed by atoms with Crippen LogP contribution in [0.3, 0.4) is 0 Å². The maximum absolute atomic E-state index is 12.7. The SMILES string of the molecule is COC(=O)NC(=O)c1c(NC(=O)c2ccc(C)cc2)sc2c1CC[C@H](C)C2. The van der Waals surface area contributed by atoms with Gasteiger partial charge in [0.2, 0.25) is 0 Å². The Balaban J connectivity index is 1.93. The summed E-state index contributed by atoms with van der Waals surface area (Å²) in [5.74, 6) is -0.310. The van der Waals surface area contributed by atoms with Crippen molar-refractivity contribution in [2.45, 2.75) is 33.1 Å². The van der Waals surface area contributed by atoms with Crippen molar-refractivity contribution < 1.29 is 19.1 Å². The van der Waals surface area contributed by atoms with E-state index in [1.165, 1.54) is 18.4 Å². The number of rotatable bonds is 3. The maximum atomic E-state index is 12.7. The molecule has 3 rings (SSSR count). The van der Waals surface area contributed by atoms with Gasteiger partial charge in [0, 0.05) is 10.4 Å². The fraction of sp³-hybridized carbons (Fsp3) is 0.350. The fourth-order valence-corrected chi connectivity index (χ4v) is 4.57. The van der Waals surface area contributed by atoms with Gasteiger partial charge in [0.25, 0.3) is 11.8 Å². The van der Waals surface area contributed by atoms with E-state index >= 15 is 0 Å². The van der Waals surface area contributed by atoms with Crippen LogP contribution in [0.4, 0.5) is 9.80 Å². The summed E-state index contributed by atoms with van der Waals surface area (Å²) in [7, 11) is 1.20. The molecule has 1 atom stereocenters. The molecule has 0 aliphatic heterocycles. The van der Waals surface area contributed by atoms with Gasteiger partial charge in [0.15, 0.2) is 0 Å². The first-order chi connectivity index (χ1) is 12.9. The molecule has 3 amide bonds. The van der Waals surface area contributed by atoms with E-state index in [4.69, 9.17) is 0 Å². The highest BCUT2D eigenvalue weighted by atomic mass is 32.1. The first-order valence-electron chi connectivity index (χ1n) is 8.81. The molecular formula is C20H22N2O4S. The lowest BCUT2D eigenvalue weighted by molar-refractivity contribution is 0.0937. The van der Waals surface area contributed by atoms with Gasteiger partial charge in [-0.15, -0.1) is 11.3 Å². The summed E-state index contributed by atoms with van der Waals surface area (Å²) in [6.45, 7) is 4.12. The molecule has 2 N–H and O–H groups in total. The second-order valence-corrected chi connectivity index (χ2v) is 7.93. The summed E-state index contributed by atoms with van der Waals surface area (Å²) >= 11 is 1.41. The van der Waals surface area contributed by atoms with Crippen LogP contribution in [0.5, 0.6) is 0 Å². The number of thiophene rings is 1. The highest BCUT2D eigenvalue weighted by molar-refractivity contribution is 7.17. The first kappa shape index (κ1) is 19.1. The van der Waals surface area contributed by atoms with Crippen molar-refractivity contribution in [3.63, 3.8) is 0 Å². The summed E-state index contributed by atoms with van der Waals surface area (Å²) in [5.41, 5.74) is 2.86. The molecule has 1 aliphatic carbocycles. The summed E-state index contributed by atoms with van der Waals surface area (Å²) < 4.78 is 4.53. The Morgan fingerprint density at radius 1 is 1.15 bits per heavy atom. The Kier molecular flexibility index (Phi) is 5.60. The number of anilines is 1. The number of amides is 3. The predicted octanol–water partition coefficient (Wildman–Crippen LogP) is 3.93. The van der Waals surface area contributed by atoms with Crippen molar-refractivity contribution >= 4 is 34.2 Å². The Morgan fingerprint density at radius 2 is 1.85 bits per heavy atom. The van der Waals surface area contributed by atoms with Gasteiger partial charge >= 0.3 is 6.09 Å². The summed E-state index contributed by atoms with van der Waals surface area (Å²) in [6, 6.07) is 7.21. The van der Waals surface area contributed by atoms with E-state index in [0.717, 1.165) is 35.3 Å². The van der Waals surface area contributed by atoms with Crippen LogP contribution in [0.25, 0.3) is 0 Å². The van der Waals surface area contributed by atoms with Crippen LogP contribution in [0.2, 0.25) is 0 Å². The predicted molar refractivity (Wildman–Crippen MR) is 105 cm³/mol. The molecule has 6 nitrogen and oxygen atoms in total. The third kappa shape index (κ3) is 4.19. The molecule has 0 fully saturated rings. The van der Waals surface area contributed by atoms with Crippen LogP contribution in [-0.4, -0.2) is 25.0 Å². The molecule has 1 aromatic carbocycles. The number of carbonyl (C=O) groups excluding carboxylic acids is 3. The van der Waals surface area contributed by atoms with E-state index in [2.05, 4.69) is 22.3 Å². The quantitative estimate of drug-likeness (QED) is 0.837. The van der Waals surface area contributed by atoms with Crippen LogP contribution in [-0.2, 0) is 17.6 Å². The second kappa shape index (κ2) is 7.92. The molecule has 0 bridgehead atoms. The Hall–Kier alpha value is -2.67. The van der Waals surface area contributed by atoms with Gasteiger partial charge in [-0.25, -0.2) is 4.79 Å². The standard InChI is InChI=1S/C20H22N2O4S/c1-11-4-7-13(8-5-11)17(23)21-19-16(18(24)22-20(25)26-3)14-9-6-12(2)10-15(14)27-19/h4-5,7-8,12H,6,9-10H2,1-3H3,(H,21,23)(H,22,24,25)/t12-/m0/s1. The van der Waals surface area contributed by atoms with Gasteiger partial charge in [-0.3, -0.25) is 14.9 Å². The van der Waals surface area contributed by atoms with Crippen molar-refractivity contribution in [3.8, 4) is 0 Å². The molecule has 7 heteroatoms. The Bertz CT molecular complexity index is 886. The average Bonchev–Trinajstić information content (AvgIpc) is 2.98. The summed E-state index contributed by atoms with van der Waals surface area (Å²) in [4.78, 5) is 37.9. The normalized spacial score (nSPS) is 15.6. The maximum Gasteiger partial charge on any atom is 0.413 e. The van der Waals surface area contributed by atoms with Gasteiger partial charge in [0.1, 0.15) is 5.00 Å². The van der Waals surface area contributed by atoms with E-state index in [1.54, 1.807) is 12.1 Å². The van der Waals surface area contributed by atoms with E-state index < -0.39 is 12.0 Å². The topological polar surface area (TPSA) is 84.5 Å². The number of alkyl carbamates (subject to hydrolysis) is 1. The lowest BCUT2D eigenvalue weighted by atomic mass is 9.88. The third-order valence-corrected chi connectivity index (χ3v) is 5.85. The molecule has 0 unspecified atom stereocenters. The monoisotopic (exact) mass is 386 g/mol. The molecule has 1 heterocycles. The number of imide groups is 1. The molecule has 0 saturated heterocycles. The van der Waals surface area contributed by atoms with Crippen LogP contribution in [0.15, 0.2) is 24.3 Å².